The molecule has 0 saturated carbocycles. The monoisotopic (exact) mass is 334 g/mol. The van der Waals surface area contributed by atoms with Gasteiger partial charge in [0.2, 0.25) is 0 Å². The van der Waals surface area contributed by atoms with Crippen LogP contribution in [0.3, 0.4) is 0 Å². The van der Waals surface area contributed by atoms with Crippen molar-refractivity contribution in [1.29, 1.82) is 0 Å². The van der Waals surface area contributed by atoms with Crippen molar-refractivity contribution in [2.75, 3.05) is 0 Å². The van der Waals surface area contributed by atoms with E-state index in [-0.39, 0.29) is 0 Å². The van der Waals surface area contributed by atoms with Gasteiger partial charge in [-0.2, -0.15) is 0 Å². The molecule has 0 spiro atoms. The van der Waals surface area contributed by atoms with Crippen LogP contribution in [0, 0.1) is 5.41 Å². The standard InChI is InChI=1S/C10H21Si.3CH3.Sn/c1-9(11(5,6)7)8-10(2,3)4;;;;/h8H,1H2,2-7H3;3*1H3;/b9-8+;;;;. The van der Waals surface area contributed by atoms with E-state index in [1.807, 2.05) is 5.20 Å². The molecule has 0 heterocycles. The molecule has 90 valence electrons. The molecule has 0 N–H and O–H groups in total. The Morgan fingerprint density at radius 1 is 1.07 bits per heavy atom. The fourth-order valence-corrected chi connectivity index (χ4v) is 14.7. The van der Waals surface area contributed by atoms with Crippen LogP contribution in [0.4, 0.5) is 0 Å². The van der Waals surface area contributed by atoms with Crippen LogP contribution >= 0.6 is 0 Å². The predicted molar refractivity (Wildman–Crippen MR) is 79.0 cm³/mol. The predicted octanol–water partition coefficient (Wildman–Crippen LogP) is 5.17. The second kappa shape index (κ2) is 4.95. The van der Waals surface area contributed by atoms with Crippen LogP contribution in [0.2, 0.25) is 38.9 Å². The number of hydrogen-bond donors (Lipinski definition) is 0. The molecule has 0 unspecified atom stereocenters. The van der Waals surface area contributed by atoms with Crippen LogP contribution in [-0.2, 0) is 0 Å². The summed E-state index contributed by atoms with van der Waals surface area (Å²) in [5.74, 6) is 0. The number of allylic oxidation sites excluding steroid dienone is 2. The van der Waals surface area contributed by atoms with Gasteiger partial charge in [-0.25, -0.2) is 0 Å². The van der Waals surface area contributed by atoms with Gasteiger partial charge < -0.3 is 0 Å². The van der Waals surface area contributed by atoms with Gasteiger partial charge in [0.25, 0.3) is 0 Å². The van der Waals surface area contributed by atoms with E-state index in [1.54, 1.807) is 0 Å². The molecule has 0 amide bonds. The van der Waals surface area contributed by atoms with Crippen molar-refractivity contribution >= 4 is 26.5 Å². The molecule has 0 atom stereocenters. The molecule has 0 radical (unpaired) electrons. The summed E-state index contributed by atoms with van der Waals surface area (Å²) in [4.78, 5) is 7.64. The van der Waals surface area contributed by atoms with Crippen LogP contribution < -0.4 is 0 Å². The molecule has 0 nitrogen and oxygen atoms in total. The Bertz CT molecular complexity index is 233. The van der Waals surface area contributed by atoms with E-state index in [9.17, 15) is 0 Å². The van der Waals surface area contributed by atoms with E-state index in [4.69, 9.17) is 0 Å². The van der Waals surface area contributed by atoms with Crippen LogP contribution in [0.1, 0.15) is 20.8 Å². The zero-order valence-corrected chi connectivity index (χ0v) is 16.1. The summed E-state index contributed by atoms with van der Waals surface area (Å²) in [6, 6.07) is 0. The van der Waals surface area contributed by atoms with Crippen LogP contribution in [0.15, 0.2) is 11.3 Å². The second-order valence-electron chi connectivity index (χ2n) is 8.02. The number of rotatable bonds is 3. The molecule has 0 aliphatic heterocycles. The average molecular weight is 333 g/mol. The average Bonchev–Trinajstić information content (AvgIpc) is 1.75. The van der Waals surface area contributed by atoms with Gasteiger partial charge >= 0.3 is 103 Å². The van der Waals surface area contributed by atoms with Gasteiger partial charge in [-0.1, -0.05) is 0 Å². The molecule has 0 aromatic carbocycles. The van der Waals surface area contributed by atoms with Crippen molar-refractivity contribution in [2.24, 2.45) is 5.41 Å². The molecule has 0 aromatic heterocycles. The maximum atomic E-state index is 2.57. The van der Waals surface area contributed by atoms with Gasteiger partial charge in [0.1, 0.15) is 0 Å². The van der Waals surface area contributed by atoms with Gasteiger partial charge in [0, 0.05) is 0 Å². The Balaban J connectivity index is 5.02. The third-order valence-electron chi connectivity index (χ3n) is 2.29. The topological polar surface area (TPSA) is 0 Å². The molecule has 0 rings (SSSR count). The summed E-state index contributed by atoms with van der Waals surface area (Å²) < 4.78 is 1.46. The quantitative estimate of drug-likeness (QED) is 0.625. The van der Waals surface area contributed by atoms with E-state index in [0.29, 0.717) is 5.41 Å². The summed E-state index contributed by atoms with van der Waals surface area (Å²) in [6.07, 6.45) is 2.57. The minimum atomic E-state index is -1.67. The Labute approximate surface area is 102 Å². The Morgan fingerprint density at radius 2 is 1.47 bits per heavy atom. The van der Waals surface area contributed by atoms with Crippen molar-refractivity contribution in [1.82, 2.24) is 0 Å². The van der Waals surface area contributed by atoms with E-state index < -0.39 is 26.5 Å². The van der Waals surface area contributed by atoms with Crippen molar-refractivity contribution in [3.05, 3.63) is 11.3 Å². The van der Waals surface area contributed by atoms with Gasteiger partial charge in [0.05, 0.1) is 0 Å². The van der Waals surface area contributed by atoms with Crippen LogP contribution in [-0.4, -0.2) is 26.5 Å². The fraction of sp³-hybridized carbons (Fsp3) is 0.846. The fourth-order valence-electron chi connectivity index (χ4n) is 1.63. The normalized spacial score (nSPS) is 15.7. The molecule has 0 saturated heterocycles. The molecule has 0 fully saturated rings. The second-order valence-corrected chi connectivity index (χ2v) is 28.8. The molecule has 0 bridgehead atoms. The van der Waals surface area contributed by atoms with Crippen molar-refractivity contribution in [3.63, 3.8) is 0 Å². The third kappa shape index (κ3) is 8.55. The Kier molecular flexibility index (Phi) is 5.20. The summed E-state index contributed by atoms with van der Waals surface area (Å²) in [5.41, 5.74) is 0.354. The van der Waals surface area contributed by atoms with E-state index in [0.717, 1.165) is 0 Å². The summed E-state index contributed by atoms with van der Waals surface area (Å²) in [5, 5.41) is 1.82. The maximum absolute atomic E-state index is 2.57. The van der Waals surface area contributed by atoms with E-state index in [2.05, 4.69) is 61.3 Å². The molecule has 0 aliphatic rings. The molecular weight excluding hydrogens is 303 g/mol. The molecule has 0 aromatic rings. The molecule has 15 heavy (non-hydrogen) atoms. The summed E-state index contributed by atoms with van der Waals surface area (Å²) in [7, 11) is -1.09. The Hall–Kier alpha value is 0.756. The molecular formula is C13H30SiSn. The van der Waals surface area contributed by atoms with Gasteiger partial charge in [-0.15, -0.1) is 0 Å². The van der Waals surface area contributed by atoms with Crippen molar-refractivity contribution in [2.45, 2.75) is 59.7 Å². The zero-order valence-electron chi connectivity index (χ0n) is 12.3. The van der Waals surface area contributed by atoms with Gasteiger partial charge in [-0.05, 0) is 0 Å². The van der Waals surface area contributed by atoms with Crippen molar-refractivity contribution in [3.8, 4) is 0 Å². The first-order chi connectivity index (χ1) is 6.31. The molecule has 2 heteroatoms. The first-order valence-electron chi connectivity index (χ1n) is 6.03. The first-order valence-corrected chi connectivity index (χ1v) is 20.1. The zero-order chi connectivity index (χ0) is 12.5. The van der Waals surface area contributed by atoms with Crippen LogP contribution in [0.25, 0.3) is 0 Å². The van der Waals surface area contributed by atoms with Crippen molar-refractivity contribution < 1.29 is 0 Å². The molecule has 0 aliphatic carbocycles. The van der Waals surface area contributed by atoms with E-state index >= 15 is 0 Å². The van der Waals surface area contributed by atoms with Gasteiger partial charge in [-0.3, -0.25) is 0 Å². The van der Waals surface area contributed by atoms with Gasteiger partial charge in [0.15, 0.2) is 0 Å². The van der Waals surface area contributed by atoms with Crippen LogP contribution in [0.5, 0.6) is 0 Å². The third-order valence-corrected chi connectivity index (χ3v) is 9.66. The van der Waals surface area contributed by atoms with E-state index in [1.165, 1.54) is 4.44 Å². The summed E-state index contributed by atoms with van der Waals surface area (Å²) in [6.45, 7) is 14.4. The SMILES string of the molecule is CC(C)(C)/C=C(\[CH2][Sn]([CH3])([CH3])[CH3])[Si](C)(C)C. The first kappa shape index (κ1) is 15.8. The number of hydrogen-bond acceptors (Lipinski definition) is 0. The Morgan fingerprint density at radius 3 is 1.67 bits per heavy atom. The minimum absolute atomic E-state index is 0.354. The summed E-state index contributed by atoms with van der Waals surface area (Å²) >= 11 is -1.67.